The van der Waals surface area contributed by atoms with Crippen LogP contribution in [0, 0.1) is 11.3 Å². The second kappa shape index (κ2) is 12.6. The van der Waals surface area contributed by atoms with Crippen LogP contribution >= 0.6 is 0 Å². The van der Waals surface area contributed by atoms with Gasteiger partial charge in [-0.2, -0.15) is 10.4 Å². The molecule has 3 rings (SSSR count). The van der Waals surface area contributed by atoms with Gasteiger partial charge in [0.1, 0.15) is 29.5 Å². The number of H-pyrrole nitrogens is 1. The Labute approximate surface area is 190 Å². The molecule has 2 heterocycles. The van der Waals surface area contributed by atoms with E-state index in [-0.39, 0.29) is 5.69 Å². The fourth-order valence-corrected chi connectivity index (χ4v) is 2.43. The van der Waals surface area contributed by atoms with Crippen molar-refractivity contribution in [2.24, 2.45) is 5.73 Å². The first kappa shape index (κ1) is 25.1. The average molecular weight is 455 g/mol. The van der Waals surface area contributed by atoms with Gasteiger partial charge in [-0.25, -0.2) is 14.8 Å². The number of nitriles is 1. The topological polar surface area (TPSA) is 192 Å². The molecule has 0 aliphatic heterocycles. The Balaban J connectivity index is 0.000000569. The van der Waals surface area contributed by atoms with Gasteiger partial charge in [-0.1, -0.05) is 6.07 Å². The first-order valence-electron chi connectivity index (χ1n) is 9.85. The van der Waals surface area contributed by atoms with Crippen LogP contribution in [0.1, 0.15) is 19.0 Å². The number of carboxylic acid groups (broad SMARTS) is 1. The van der Waals surface area contributed by atoms with E-state index in [0.29, 0.717) is 36.3 Å². The van der Waals surface area contributed by atoms with Gasteiger partial charge in [-0.3, -0.25) is 5.10 Å². The van der Waals surface area contributed by atoms with Crippen LogP contribution in [0.4, 0.5) is 11.6 Å². The predicted molar refractivity (Wildman–Crippen MR) is 119 cm³/mol. The molecule has 33 heavy (non-hydrogen) atoms. The Bertz CT molecular complexity index is 1080. The van der Waals surface area contributed by atoms with Crippen LogP contribution in [0.2, 0.25) is 0 Å². The lowest BCUT2D eigenvalue weighted by atomic mass is 10.1. The number of hydrogen-bond acceptors (Lipinski definition) is 10. The third-order valence-electron chi connectivity index (χ3n) is 4.04. The number of anilines is 2. The maximum Gasteiger partial charge on any atom is 0.332 e. The van der Waals surface area contributed by atoms with Crippen molar-refractivity contribution in [2.75, 3.05) is 25.6 Å². The quantitative estimate of drug-likeness (QED) is 0.295. The summed E-state index contributed by atoms with van der Waals surface area (Å²) in [6.07, 6.45) is 2.38. The maximum atomic E-state index is 9.45. The summed E-state index contributed by atoms with van der Waals surface area (Å²) in [5.41, 5.74) is 7.27. The molecule has 0 bridgehead atoms. The standard InChI is InChI=1S/C18H19N7O2.C3H6O3/c1-26-14-4-2-5-15(27-7-3-6-19)18(14)13-8-16(25-24-13)23-17-11-21-12(9-20)10-22-17;1-2(4)3(5)6/h2,4-5,8,10-11H,3,6-7,19H2,1H3,(H2,22,23,24,25);2,4H,1H3,(H,5,6)/t;2-/m.0/s1. The number of rotatable bonds is 9. The molecular weight excluding hydrogens is 430 g/mol. The molecule has 0 radical (unpaired) electrons. The van der Waals surface area contributed by atoms with E-state index in [1.54, 1.807) is 7.11 Å². The third kappa shape index (κ3) is 7.46. The fraction of sp³-hybridized carbons (Fsp3) is 0.286. The molecular formula is C21H25N7O5. The van der Waals surface area contributed by atoms with E-state index in [0.717, 1.165) is 17.7 Å². The van der Waals surface area contributed by atoms with Crippen LogP contribution in [-0.2, 0) is 4.79 Å². The lowest BCUT2D eigenvalue weighted by Crippen LogP contribution is -2.13. The molecule has 12 nitrogen and oxygen atoms in total. The van der Waals surface area contributed by atoms with E-state index in [2.05, 4.69) is 25.5 Å². The second-order valence-corrected chi connectivity index (χ2v) is 6.53. The highest BCUT2D eigenvalue weighted by Gasteiger charge is 2.16. The van der Waals surface area contributed by atoms with Gasteiger partial charge in [0.05, 0.1) is 37.4 Å². The summed E-state index contributed by atoms with van der Waals surface area (Å²) in [5, 5.41) is 34.8. The number of carbonyl (C=O) groups is 1. The van der Waals surface area contributed by atoms with Crippen molar-refractivity contribution >= 4 is 17.6 Å². The Morgan fingerprint density at radius 3 is 2.61 bits per heavy atom. The zero-order chi connectivity index (χ0) is 24.2. The van der Waals surface area contributed by atoms with Crippen molar-refractivity contribution in [3.05, 3.63) is 42.4 Å². The lowest BCUT2D eigenvalue weighted by molar-refractivity contribution is -0.145. The number of hydrogen-bond donors (Lipinski definition) is 5. The molecule has 3 aromatic rings. The van der Waals surface area contributed by atoms with Gasteiger partial charge < -0.3 is 30.7 Å². The van der Waals surface area contributed by atoms with Crippen molar-refractivity contribution in [1.82, 2.24) is 20.2 Å². The molecule has 0 aliphatic rings. The highest BCUT2D eigenvalue weighted by atomic mass is 16.5. The number of methoxy groups -OCH3 is 1. The normalized spacial score (nSPS) is 10.9. The van der Waals surface area contributed by atoms with Crippen molar-refractivity contribution in [2.45, 2.75) is 19.4 Å². The number of aromatic nitrogens is 4. The summed E-state index contributed by atoms with van der Waals surface area (Å²) in [4.78, 5) is 17.5. The molecule has 0 amide bonds. The van der Waals surface area contributed by atoms with Gasteiger partial charge in [0.15, 0.2) is 11.5 Å². The summed E-state index contributed by atoms with van der Waals surface area (Å²) in [6, 6.07) is 9.32. The number of ether oxygens (including phenoxy) is 2. The lowest BCUT2D eigenvalue weighted by Gasteiger charge is -2.13. The number of carboxylic acids is 1. The Kier molecular flexibility index (Phi) is 9.56. The van der Waals surface area contributed by atoms with E-state index in [4.69, 9.17) is 30.7 Å². The van der Waals surface area contributed by atoms with E-state index in [1.807, 2.05) is 30.3 Å². The fourth-order valence-electron chi connectivity index (χ4n) is 2.43. The molecule has 1 aromatic carbocycles. The Morgan fingerprint density at radius 1 is 1.30 bits per heavy atom. The minimum absolute atomic E-state index is 0.247. The average Bonchev–Trinajstić information content (AvgIpc) is 3.27. The van der Waals surface area contributed by atoms with Gasteiger partial charge in [0.2, 0.25) is 0 Å². The summed E-state index contributed by atoms with van der Waals surface area (Å²) in [5.74, 6) is 1.18. The molecule has 0 saturated carbocycles. The van der Waals surface area contributed by atoms with E-state index < -0.39 is 12.1 Å². The third-order valence-corrected chi connectivity index (χ3v) is 4.04. The van der Waals surface area contributed by atoms with E-state index in [1.165, 1.54) is 19.3 Å². The molecule has 1 atom stereocenters. The van der Waals surface area contributed by atoms with E-state index >= 15 is 0 Å². The molecule has 174 valence electrons. The molecule has 0 unspecified atom stereocenters. The van der Waals surface area contributed by atoms with Crippen LogP contribution in [0.5, 0.6) is 11.5 Å². The predicted octanol–water partition coefficient (Wildman–Crippen LogP) is 1.67. The van der Waals surface area contributed by atoms with Gasteiger partial charge >= 0.3 is 5.97 Å². The first-order valence-corrected chi connectivity index (χ1v) is 9.85. The van der Waals surface area contributed by atoms with Crippen LogP contribution < -0.4 is 20.5 Å². The van der Waals surface area contributed by atoms with Crippen molar-refractivity contribution in [1.29, 1.82) is 5.26 Å². The highest BCUT2D eigenvalue weighted by molar-refractivity contribution is 5.76. The van der Waals surface area contributed by atoms with Crippen molar-refractivity contribution in [3.8, 4) is 28.8 Å². The van der Waals surface area contributed by atoms with Gasteiger partial charge in [0.25, 0.3) is 0 Å². The Morgan fingerprint density at radius 2 is 2.03 bits per heavy atom. The number of nitrogens with zero attached hydrogens (tertiary/aromatic N) is 4. The monoisotopic (exact) mass is 455 g/mol. The van der Waals surface area contributed by atoms with Crippen LogP contribution in [-0.4, -0.2) is 62.7 Å². The molecule has 0 spiro atoms. The Hall–Kier alpha value is -4.21. The number of aromatic amines is 1. The zero-order valence-electron chi connectivity index (χ0n) is 18.1. The summed E-state index contributed by atoms with van der Waals surface area (Å²) in [7, 11) is 1.60. The van der Waals surface area contributed by atoms with Gasteiger partial charge in [-0.05, 0) is 32.0 Å². The number of nitrogens with one attached hydrogen (secondary N) is 2. The molecule has 6 N–H and O–H groups in total. The first-order chi connectivity index (χ1) is 15.9. The van der Waals surface area contributed by atoms with Crippen molar-refractivity contribution in [3.63, 3.8) is 0 Å². The number of aliphatic hydroxyl groups is 1. The molecule has 0 aliphatic carbocycles. The van der Waals surface area contributed by atoms with Crippen LogP contribution in [0.25, 0.3) is 11.3 Å². The number of aliphatic carboxylic acids is 1. The number of nitrogens with two attached hydrogens (primary N) is 1. The van der Waals surface area contributed by atoms with Crippen molar-refractivity contribution < 1.29 is 24.5 Å². The number of aliphatic hydroxyl groups excluding tert-OH is 1. The molecule has 2 aromatic heterocycles. The highest BCUT2D eigenvalue weighted by Crippen LogP contribution is 2.38. The summed E-state index contributed by atoms with van der Waals surface area (Å²) >= 11 is 0. The SMILES string of the molecule is COc1cccc(OCCCN)c1-c1cc(Nc2cnc(C#N)cn2)n[nH]1.C[C@H](O)C(=O)O. The second-order valence-electron chi connectivity index (χ2n) is 6.53. The minimum Gasteiger partial charge on any atom is -0.496 e. The maximum absolute atomic E-state index is 9.45. The molecule has 12 heteroatoms. The smallest absolute Gasteiger partial charge is 0.332 e. The van der Waals surface area contributed by atoms with Crippen LogP contribution in [0.3, 0.4) is 0 Å². The minimum atomic E-state index is -1.23. The largest absolute Gasteiger partial charge is 0.496 e. The molecule has 0 saturated heterocycles. The molecule has 0 fully saturated rings. The summed E-state index contributed by atoms with van der Waals surface area (Å²) in [6.45, 7) is 2.27. The number of benzene rings is 1. The van der Waals surface area contributed by atoms with Crippen LogP contribution in [0.15, 0.2) is 36.7 Å². The zero-order valence-corrected chi connectivity index (χ0v) is 18.1. The summed E-state index contributed by atoms with van der Waals surface area (Å²) < 4.78 is 11.3. The van der Waals surface area contributed by atoms with E-state index in [9.17, 15) is 4.79 Å². The van der Waals surface area contributed by atoms with Gasteiger partial charge in [0, 0.05) is 6.07 Å². The van der Waals surface area contributed by atoms with Gasteiger partial charge in [-0.15, -0.1) is 0 Å².